The molecular formula is C10H14N4O3. The van der Waals surface area contributed by atoms with Gasteiger partial charge in [0.15, 0.2) is 0 Å². The van der Waals surface area contributed by atoms with Crippen LogP contribution in [0.1, 0.15) is 23.2 Å². The summed E-state index contributed by atoms with van der Waals surface area (Å²) in [4.78, 5) is 25.0. The molecule has 0 aliphatic carbocycles. The molecule has 1 heterocycles. The van der Waals surface area contributed by atoms with Crippen LogP contribution in [-0.4, -0.2) is 28.5 Å². The summed E-state index contributed by atoms with van der Waals surface area (Å²) in [6, 6.07) is 1.33. The molecule has 0 fully saturated rings. The Morgan fingerprint density at radius 1 is 1.47 bits per heavy atom. The van der Waals surface area contributed by atoms with Gasteiger partial charge in [0.05, 0.1) is 11.3 Å². The van der Waals surface area contributed by atoms with E-state index < -0.39 is 5.97 Å². The average Bonchev–Trinajstić information content (AvgIpc) is 2.25. The first-order chi connectivity index (χ1) is 8.00. The van der Waals surface area contributed by atoms with Crippen LogP contribution in [0.5, 0.6) is 0 Å². The van der Waals surface area contributed by atoms with Crippen LogP contribution in [-0.2, 0) is 4.79 Å². The van der Waals surface area contributed by atoms with Crippen molar-refractivity contribution in [2.75, 3.05) is 17.6 Å². The van der Waals surface area contributed by atoms with E-state index in [1.807, 2.05) is 0 Å². The number of nitrogens with zero attached hydrogens (tertiary/aromatic N) is 1. The van der Waals surface area contributed by atoms with E-state index in [-0.39, 0.29) is 23.6 Å². The first-order valence-electron chi connectivity index (χ1n) is 5.01. The maximum absolute atomic E-state index is 10.6. The van der Waals surface area contributed by atoms with Crippen molar-refractivity contribution < 1.29 is 14.7 Å². The number of amides is 1. The number of aromatic carboxylic acids is 1. The number of hydrogen-bond acceptors (Lipinski definition) is 5. The van der Waals surface area contributed by atoms with E-state index in [0.717, 1.165) is 0 Å². The van der Waals surface area contributed by atoms with Gasteiger partial charge in [-0.2, -0.15) is 0 Å². The number of carboxylic acids is 1. The second kappa shape index (κ2) is 5.69. The Balaban J connectivity index is 2.54. The summed E-state index contributed by atoms with van der Waals surface area (Å²) in [6.07, 6.45) is 2.06. The third kappa shape index (κ3) is 3.98. The Hall–Kier alpha value is -2.31. The number of anilines is 2. The van der Waals surface area contributed by atoms with Crippen LogP contribution in [0.2, 0.25) is 0 Å². The van der Waals surface area contributed by atoms with Gasteiger partial charge >= 0.3 is 5.97 Å². The van der Waals surface area contributed by atoms with Crippen LogP contribution in [0.4, 0.5) is 11.5 Å². The molecule has 1 rings (SSSR count). The van der Waals surface area contributed by atoms with E-state index in [0.29, 0.717) is 18.8 Å². The minimum absolute atomic E-state index is 0.0326. The van der Waals surface area contributed by atoms with Gasteiger partial charge in [-0.15, -0.1) is 0 Å². The lowest BCUT2D eigenvalue weighted by molar-refractivity contribution is -0.118. The zero-order valence-corrected chi connectivity index (χ0v) is 9.14. The molecular weight excluding hydrogens is 224 g/mol. The van der Waals surface area contributed by atoms with Crippen LogP contribution >= 0.6 is 0 Å². The minimum atomic E-state index is -1.08. The van der Waals surface area contributed by atoms with Gasteiger partial charge in [0.25, 0.3) is 0 Å². The Kier molecular flexibility index (Phi) is 4.27. The molecule has 0 saturated heterocycles. The van der Waals surface area contributed by atoms with Crippen molar-refractivity contribution in [1.29, 1.82) is 0 Å². The Labute approximate surface area is 97.8 Å². The molecule has 0 radical (unpaired) electrons. The van der Waals surface area contributed by atoms with Crippen LogP contribution < -0.4 is 16.8 Å². The SMILES string of the molecule is NC(=O)CCCNc1ncc(C(=O)O)cc1N. The fourth-order valence-corrected chi connectivity index (χ4v) is 1.22. The summed E-state index contributed by atoms with van der Waals surface area (Å²) in [5.74, 6) is -1.04. The number of carbonyl (C=O) groups is 2. The molecule has 7 nitrogen and oxygen atoms in total. The van der Waals surface area contributed by atoms with E-state index in [9.17, 15) is 9.59 Å². The van der Waals surface area contributed by atoms with Crippen LogP contribution in [0.3, 0.4) is 0 Å². The van der Waals surface area contributed by atoms with Gasteiger partial charge in [0.2, 0.25) is 5.91 Å². The van der Waals surface area contributed by atoms with Crippen LogP contribution in [0.25, 0.3) is 0 Å². The smallest absolute Gasteiger partial charge is 0.337 e. The molecule has 6 N–H and O–H groups in total. The Morgan fingerprint density at radius 2 is 2.18 bits per heavy atom. The number of carbonyl (C=O) groups excluding carboxylic acids is 1. The van der Waals surface area contributed by atoms with E-state index >= 15 is 0 Å². The van der Waals surface area contributed by atoms with Gasteiger partial charge < -0.3 is 21.9 Å². The Bertz CT molecular complexity index is 434. The molecule has 0 bridgehead atoms. The van der Waals surface area contributed by atoms with E-state index in [4.69, 9.17) is 16.6 Å². The summed E-state index contributed by atoms with van der Waals surface area (Å²) < 4.78 is 0. The molecule has 1 amide bonds. The largest absolute Gasteiger partial charge is 0.478 e. The molecule has 1 aromatic heterocycles. The quantitative estimate of drug-likeness (QED) is 0.517. The van der Waals surface area contributed by atoms with Gasteiger partial charge in [-0.05, 0) is 12.5 Å². The zero-order chi connectivity index (χ0) is 12.8. The highest BCUT2D eigenvalue weighted by atomic mass is 16.4. The molecule has 17 heavy (non-hydrogen) atoms. The summed E-state index contributed by atoms with van der Waals surface area (Å²) in [5.41, 5.74) is 10.9. The molecule has 0 saturated carbocycles. The van der Waals surface area contributed by atoms with Gasteiger partial charge in [-0.1, -0.05) is 0 Å². The lowest BCUT2D eigenvalue weighted by Gasteiger charge is -2.07. The van der Waals surface area contributed by atoms with Gasteiger partial charge in [0.1, 0.15) is 5.82 Å². The number of carboxylic acid groups (broad SMARTS) is 1. The van der Waals surface area contributed by atoms with Gasteiger partial charge in [-0.25, -0.2) is 9.78 Å². The van der Waals surface area contributed by atoms with E-state index in [1.165, 1.54) is 12.3 Å². The first-order valence-corrected chi connectivity index (χ1v) is 5.01. The van der Waals surface area contributed by atoms with Crippen LogP contribution in [0.15, 0.2) is 12.3 Å². The maximum atomic E-state index is 10.6. The highest BCUT2D eigenvalue weighted by Gasteiger charge is 2.07. The number of hydrogen-bond donors (Lipinski definition) is 4. The van der Waals surface area contributed by atoms with E-state index in [2.05, 4.69) is 10.3 Å². The van der Waals surface area contributed by atoms with Crippen molar-refractivity contribution in [3.63, 3.8) is 0 Å². The normalized spacial score (nSPS) is 9.88. The number of nitrogens with one attached hydrogen (secondary N) is 1. The lowest BCUT2D eigenvalue weighted by atomic mass is 10.2. The molecule has 0 unspecified atom stereocenters. The van der Waals surface area contributed by atoms with Crippen molar-refractivity contribution in [2.45, 2.75) is 12.8 Å². The van der Waals surface area contributed by atoms with Crippen molar-refractivity contribution in [1.82, 2.24) is 4.98 Å². The summed E-state index contributed by atoms with van der Waals surface area (Å²) in [7, 11) is 0. The fraction of sp³-hybridized carbons (Fsp3) is 0.300. The molecule has 0 atom stereocenters. The molecule has 0 aliphatic heterocycles. The molecule has 7 heteroatoms. The third-order valence-corrected chi connectivity index (χ3v) is 2.06. The number of aromatic nitrogens is 1. The highest BCUT2D eigenvalue weighted by molar-refractivity contribution is 5.89. The average molecular weight is 238 g/mol. The standard InChI is InChI=1S/C10H14N4O3/c11-7-4-6(10(16)17)5-14-9(7)13-3-1-2-8(12)15/h4-5H,1-3,11H2,(H2,12,15)(H,13,14)(H,16,17). The number of primary amides is 1. The Morgan fingerprint density at radius 3 is 2.71 bits per heavy atom. The molecule has 0 spiro atoms. The number of nitrogen functional groups attached to an aromatic ring is 1. The van der Waals surface area contributed by atoms with Gasteiger partial charge in [-0.3, -0.25) is 4.79 Å². The monoisotopic (exact) mass is 238 g/mol. The molecule has 0 aliphatic rings. The summed E-state index contributed by atoms with van der Waals surface area (Å²) in [5, 5.41) is 11.6. The second-order valence-electron chi connectivity index (χ2n) is 3.46. The summed E-state index contributed by atoms with van der Waals surface area (Å²) in [6.45, 7) is 0.493. The predicted octanol–water partition coefficient (Wildman–Crippen LogP) is 0.0394. The third-order valence-electron chi connectivity index (χ3n) is 2.06. The second-order valence-corrected chi connectivity index (χ2v) is 3.46. The number of rotatable bonds is 6. The predicted molar refractivity (Wildman–Crippen MR) is 62.5 cm³/mol. The fourth-order valence-electron chi connectivity index (χ4n) is 1.22. The first kappa shape index (κ1) is 12.8. The number of pyridine rings is 1. The van der Waals surface area contributed by atoms with E-state index in [1.54, 1.807) is 0 Å². The molecule has 1 aromatic rings. The minimum Gasteiger partial charge on any atom is -0.478 e. The zero-order valence-electron chi connectivity index (χ0n) is 9.14. The topological polar surface area (TPSA) is 131 Å². The number of nitrogens with two attached hydrogens (primary N) is 2. The van der Waals surface area contributed by atoms with Crippen molar-refractivity contribution in [2.24, 2.45) is 5.73 Å². The molecule has 92 valence electrons. The van der Waals surface area contributed by atoms with Crippen molar-refractivity contribution in [3.8, 4) is 0 Å². The maximum Gasteiger partial charge on any atom is 0.337 e. The lowest BCUT2D eigenvalue weighted by Crippen LogP contribution is -2.13. The van der Waals surface area contributed by atoms with Crippen LogP contribution in [0, 0.1) is 0 Å². The van der Waals surface area contributed by atoms with Crippen molar-refractivity contribution >= 4 is 23.4 Å². The van der Waals surface area contributed by atoms with Crippen molar-refractivity contribution in [3.05, 3.63) is 17.8 Å². The molecule has 0 aromatic carbocycles. The summed E-state index contributed by atoms with van der Waals surface area (Å²) >= 11 is 0. The van der Waals surface area contributed by atoms with Gasteiger partial charge in [0, 0.05) is 19.2 Å². The highest BCUT2D eigenvalue weighted by Crippen LogP contribution is 2.16.